The number of hydrogen-bond acceptors (Lipinski definition) is 3. The van der Waals surface area contributed by atoms with E-state index in [0.717, 1.165) is 4.70 Å². The highest BCUT2D eigenvalue weighted by Gasteiger charge is 2.17. The van der Waals surface area contributed by atoms with Crippen LogP contribution in [0.2, 0.25) is 0 Å². The third kappa shape index (κ3) is 2.16. The number of hydrogen-bond donors (Lipinski definition) is 1. The molecular weight excluding hydrogens is 275 g/mol. The zero-order valence-corrected chi connectivity index (χ0v) is 11.5. The van der Waals surface area contributed by atoms with Gasteiger partial charge in [0.15, 0.2) is 0 Å². The SMILES string of the molecule is Cc1c(C(=O)Nc2ccccn2)sc2cccc(F)c12. The van der Waals surface area contributed by atoms with Crippen molar-refractivity contribution in [2.75, 3.05) is 5.32 Å². The summed E-state index contributed by atoms with van der Waals surface area (Å²) in [6.07, 6.45) is 1.60. The first kappa shape index (κ1) is 12.7. The van der Waals surface area contributed by atoms with Crippen LogP contribution in [0.3, 0.4) is 0 Å². The van der Waals surface area contributed by atoms with Crippen LogP contribution in [0.15, 0.2) is 42.6 Å². The van der Waals surface area contributed by atoms with Crippen molar-refractivity contribution in [1.29, 1.82) is 0 Å². The number of benzene rings is 1. The van der Waals surface area contributed by atoms with E-state index in [-0.39, 0.29) is 11.7 Å². The molecule has 3 nitrogen and oxygen atoms in total. The third-order valence-electron chi connectivity index (χ3n) is 3.02. The van der Waals surface area contributed by atoms with Gasteiger partial charge >= 0.3 is 0 Å². The van der Waals surface area contributed by atoms with Gasteiger partial charge in [-0.3, -0.25) is 4.79 Å². The average Bonchev–Trinajstić information content (AvgIpc) is 2.79. The third-order valence-corrected chi connectivity index (χ3v) is 4.27. The Morgan fingerprint density at radius 3 is 2.80 bits per heavy atom. The second-order valence-corrected chi connectivity index (χ2v) is 5.39. The number of pyridine rings is 1. The maximum Gasteiger partial charge on any atom is 0.267 e. The maximum atomic E-state index is 13.8. The molecule has 3 aromatic rings. The molecule has 2 heterocycles. The van der Waals surface area contributed by atoms with Crippen LogP contribution in [0, 0.1) is 12.7 Å². The first-order chi connectivity index (χ1) is 9.66. The number of aryl methyl sites for hydroxylation is 1. The summed E-state index contributed by atoms with van der Waals surface area (Å²) in [4.78, 5) is 16.8. The monoisotopic (exact) mass is 286 g/mol. The van der Waals surface area contributed by atoms with Crippen LogP contribution in [-0.4, -0.2) is 10.9 Å². The topological polar surface area (TPSA) is 42.0 Å². The first-order valence-corrected chi connectivity index (χ1v) is 6.88. The fraction of sp³-hybridized carbons (Fsp3) is 0.0667. The lowest BCUT2D eigenvalue weighted by atomic mass is 10.1. The number of halogens is 1. The number of amides is 1. The van der Waals surface area contributed by atoms with E-state index in [1.54, 1.807) is 37.4 Å². The van der Waals surface area contributed by atoms with Crippen LogP contribution in [0.1, 0.15) is 15.2 Å². The van der Waals surface area contributed by atoms with E-state index in [0.29, 0.717) is 21.6 Å². The Kier molecular flexibility index (Phi) is 3.20. The minimum Gasteiger partial charge on any atom is -0.306 e. The molecule has 0 saturated carbocycles. The van der Waals surface area contributed by atoms with E-state index in [1.165, 1.54) is 17.4 Å². The molecule has 0 spiro atoms. The van der Waals surface area contributed by atoms with Gasteiger partial charge in [-0.15, -0.1) is 11.3 Å². The number of carbonyl (C=O) groups is 1. The van der Waals surface area contributed by atoms with Crippen LogP contribution in [0.5, 0.6) is 0 Å². The second-order valence-electron chi connectivity index (χ2n) is 4.34. The minimum atomic E-state index is -0.298. The maximum absolute atomic E-state index is 13.8. The number of nitrogens with zero attached hydrogens (tertiary/aromatic N) is 1. The predicted octanol–water partition coefficient (Wildman–Crippen LogP) is 4.00. The summed E-state index contributed by atoms with van der Waals surface area (Å²) in [6.45, 7) is 1.76. The van der Waals surface area contributed by atoms with Crippen molar-refractivity contribution in [3.05, 3.63) is 58.9 Å². The van der Waals surface area contributed by atoms with Crippen molar-refractivity contribution in [2.24, 2.45) is 0 Å². The van der Waals surface area contributed by atoms with E-state index < -0.39 is 0 Å². The van der Waals surface area contributed by atoms with Gasteiger partial charge in [0.2, 0.25) is 0 Å². The molecule has 0 saturated heterocycles. The number of nitrogens with one attached hydrogen (secondary N) is 1. The van der Waals surface area contributed by atoms with Crippen molar-refractivity contribution < 1.29 is 9.18 Å². The van der Waals surface area contributed by atoms with E-state index in [9.17, 15) is 9.18 Å². The Morgan fingerprint density at radius 2 is 2.10 bits per heavy atom. The van der Waals surface area contributed by atoms with Crippen LogP contribution in [0.25, 0.3) is 10.1 Å². The number of aromatic nitrogens is 1. The molecule has 0 aliphatic carbocycles. The van der Waals surface area contributed by atoms with Crippen molar-refractivity contribution in [3.8, 4) is 0 Å². The van der Waals surface area contributed by atoms with Gasteiger partial charge in [-0.25, -0.2) is 9.37 Å². The number of thiophene rings is 1. The zero-order chi connectivity index (χ0) is 14.1. The zero-order valence-electron chi connectivity index (χ0n) is 10.7. The van der Waals surface area contributed by atoms with Crippen LogP contribution >= 0.6 is 11.3 Å². The van der Waals surface area contributed by atoms with E-state index >= 15 is 0 Å². The molecule has 100 valence electrons. The Bertz CT molecular complexity index is 783. The Labute approximate surface area is 119 Å². The lowest BCUT2D eigenvalue weighted by Gasteiger charge is -2.02. The smallest absolute Gasteiger partial charge is 0.267 e. The molecule has 0 unspecified atom stereocenters. The molecular formula is C15H11FN2OS. The van der Waals surface area contributed by atoms with Crippen LogP contribution < -0.4 is 5.32 Å². The molecule has 1 N–H and O–H groups in total. The summed E-state index contributed by atoms with van der Waals surface area (Å²) < 4.78 is 14.6. The van der Waals surface area contributed by atoms with Crippen LogP contribution in [-0.2, 0) is 0 Å². The van der Waals surface area contributed by atoms with E-state index in [1.807, 2.05) is 6.07 Å². The number of carbonyl (C=O) groups excluding carboxylic acids is 1. The molecule has 0 fully saturated rings. The number of rotatable bonds is 2. The van der Waals surface area contributed by atoms with Crippen molar-refractivity contribution in [1.82, 2.24) is 4.98 Å². The number of fused-ring (bicyclic) bond motifs is 1. The van der Waals surface area contributed by atoms with E-state index in [4.69, 9.17) is 0 Å². The second kappa shape index (κ2) is 5.02. The van der Waals surface area contributed by atoms with Crippen molar-refractivity contribution in [3.63, 3.8) is 0 Å². The van der Waals surface area contributed by atoms with Gasteiger partial charge in [-0.1, -0.05) is 12.1 Å². The normalized spacial score (nSPS) is 10.7. The Morgan fingerprint density at radius 1 is 1.25 bits per heavy atom. The van der Waals surface area contributed by atoms with E-state index in [2.05, 4.69) is 10.3 Å². The molecule has 0 atom stereocenters. The fourth-order valence-corrected chi connectivity index (χ4v) is 3.20. The molecule has 1 aromatic carbocycles. The highest BCUT2D eigenvalue weighted by molar-refractivity contribution is 7.21. The molecule has 20 heavy (non-hydrogen) atoms. The van der Waals surface area contributed by atoms with Gasteiger partial charge in [0.05, 0.1) is 4.88 Å². The summed E-state index contributed by atoms with van der Waals surface area (Å²) in [7, 11) is 0. The van der Waals surface area contributed by atoms with Crippen LogP contribution in [0.4, 0.5) is 10.2 Å². The van der Waals surface area contributed by atoms with Gasteiger partial charge in [0.25, 0.3) is 5.91 Å². The van der Waals surface area contributed by atoms with Gasteiger partial charge in [-0.05, 0) is 36.8 Å². The summed E-state index contributed by atoms with van der Waals surface area (Å²) in [5, 5.41) is 3.23. The largest absolute Gasteiger partial charge is 0.306 e. The molecule has 1 amide bonds. The van der Waals surface area contributed by atoms with Crippen molar-refractivity contribution in [2.45, 2.75) is 6.92 Å². The van der Waals surface area contributed by atoms with Gasteiger partial charge < -0.3 is 5.32 Å². The molecule has 0 bridgehead atoms. The summed E-state index contributed by atoms with van der Waals surface area (Å²) >= 11 is 1.29. The van der Waals surface area contributed by atoms with Gasteiger partial charge in [-0.2, -0.15) is 0 Å². The Balaban J connectivity index is 2.00. The Hall–Kier alpha value is -2.27. The standard InChI is InChI=1S/C15H11FN2OS/c1-9-13-10(16)5-4-6-11(13)20-14(9)15(19)18-12-7-2-3-8-17-12/h2-8H,1H3,(H,17,18,19). The highest BCUT2D eigenvalue weighted by atomic mass is 32.1. The minimum absolute atomic E-state index is 0.262. The molecule has 0 aliphatic heterocycles. The molecule has 0 radical (unpaired) electrons. The molecule has 0 aliphatic rings. The summed E-state index contributed by atoms with van der Waals surface area (Å²) in [5.41, 5.74) is 0.663. The highest BCUT2D eigenvalue weighted by Crippen LogP contribution is 2.32. The average molecular weight is 286 g/mol. The number of anilines is 1. The molecule has 2 aromatic heterocycles. The summed E-state index contributed by atoms with van der Waals surface area (Å²) in [6, 6.07) is 10.1. The van der Waals surface area contributed by atoms with Gasteiger partial charge in [0.1, 0.15) is 11.6 Å². The van der Waals surface area contributed by atoms with Gasteiger partial charge in [0, 0.05) is 16.3 Å². The molecule has 5 heteroatoms. The molecule has 3 rings (SSSR count). The summed E-state index contributed by atoms with van der Waals surface area (Å²) in [5.74, 6) is -0.0789. The van der Waals surface area contributed by atoms with Crippen molar-refractivity contribution >= 4 is 33.1 Å². The lowest BCUT2D eigenvalue weighted by Crippen LogP contribution is -2.12. The quantitative estimate of drug-likeness (QED) is 0.773. The lowest BCUT2D eigenvalue weighted by molar-refractivity contribution is 0.102. The fourth-order valence-electron chi connectivity index (χ4n) is 2.08. The predicted molar refractivity (Wildman–Crippen MR) is 78.7 cm³/mol. The first-order valence-electron chi connectivity index (χ1n) is 6.07.